The van der Waals surface area contributed by atoms with Gasteiger partial charge in [-0.2, -0.15) is 9.40 Å². The molecule has 0 aromatic carbocycles. The number of likely N-dealkylation sites (N-methyl/N-ethyl adjacent to an activating group) is 2. The van der Waals surface area contributed by atoms with Gasteiger partial charge in [0.1, 0.15) is 11.4 Å². The van der Waals surface area contributed by atoms with Crippen molar-refractivity contribution < 1.29 is 18.3 Å². The van der Waals surface area contributed by atoms with E-state index in [0.29, 0.717) is 13.1 Å². The molecule has 0 saturated heterocycles. The Balaban J connectivity index is 2.84. The number of nitrogens with zero attached hydrogens (tertiary/aromatic N) is 3. The highest BCUT2D eigenvalue weighted by atomic mass is 32.2. The van der Waals surface area contributed by atoms with Gasteiger partial charge >= 0.3 is 5.97 Å². The number of aromatic nitrogens is 2. The second kappa shape index (κ2) is 5.94. The molecule has 102 valence electrons. The summed E-state index contributed by atoms with van der Waals surface area (Å²) in [6, 6.07) is 0. The van der Waals surface area contributed by atoms with Crippen LogP contribution in [-0.2, 0) is 21.4 Å². The number of carboxylic acids is 1. The third-order valence-electron chi connectivity index (χ3n) is 2.29. The molecule has 0 saturated carbocycles. The highest BCUT2D eigenvalue weighted by Gasteiger charge is 2.22. The molecule has 1 aromatic heterocycles. The van der Waals surface area contributed by atoms with Crippen LogP contribution in [0, 0.1) is 0 Å². The average molecular weight is 276 g/mol. The van der Waals surface area contributed by atoms with E-state index in [-0.39, 0.29) is 11.4 Å². The summed E-state index contributed by atoms with van der Waals surface area (Å²) in [5.74, 6) is -1.08. The zero-order valence-electron chi connectivity index (χ0n) is 10.2. The Morgan fingerprint density at radius 3 is 2.83 bits per heavy atom. The number of carboxylic acid groups (broad SMARTS) is 1. The first-order chi connectivity index (χ1) is 8.37. The van der Waals surface area contributed by atoms with E-state index in [2.05, 4.69) is 10.4 Å². The zero-order chi connectivity index (χ0) is 13.8. The molecule has 0 spiro atoms. The summed E-state index contributed by atoms with van der Waals surface area (Å²) in [6.07, 6.45) is 2.35. The molecule has 9 heteroatoms. The molecule has 8 nitrogen and oxygen atoms in total. The van der Waals surface area contributed by atoms with Gasteiger partial charge in [0, 0.05) is 26.3 Å². The van der Waals surface area contributed by atoms with Gasteiger partial charge < -0.3 is 10.4 Å². The van der Waals surface area contributed by atoms with Crippen molar-refractivity contribution >= 4 is 16.0 Å². The molecule has 2 N–H and O–H groups in total. The lowest BCUT2D eigenvalue weighted by Crippen LogP contribution is -2.32. The first kappa shape index (κ1) is 14.6. The van der Waals surface area contributed by atoms with Crippen LogP contribution in [-0.4, -0.2) is 60.8 Å². The molecule has 0 unspecified atom stereocenters. The van der Waals surface area contributed by atoms with Gasteiger partial charge in [-0.1, -0.05) is 0 Å². The van der Waals surface area contributed by atoms with Gasteiger partial charge in [0.2, 0.25) is 10.0 Å². The van der Waals surface area contributed by atoms with E-state index in [0.717, 1.165) is 10.9 Å². The molecule has 0 aliphatic heterocycles. The highest BCUT2D eigenvalue weighted by Crippen LogP contribution is 2.12. The lowest BCUT2D eigenvalue weighted by molar-refractivity contribution is -0.137. The number of sulfonamides is 1. The van der Waals surface area contributed by atoms with Crippen molar-refractivity contribution in [3.8, 4) is 0 Å². The summed E-state index contributed by atoms with van der Waals surface area (Å²) >= 11 is 0. The van der Waals surface area contributed by atoms with Gasteiger partial charge in [0.05, 0.1) is 6.20 Å². The van der Waals surface area contributed by atoms with Gasteiger partial charge in [0.15, 0.2) is 0 Å². The van der Waals surface area contributed by atoms with Crippen molar-refractivity contribution in [1.82, 2.24) is 19.4 Å². The second-order valence-corrected chi connectivity index (χ2v) is 5.74. The molecular weight excluding hydrogens is 260 g/mol. The Morgan fingerprint density at radius 1 is 1.61 bits per heavy atom. The normalized spacial score (nSPS) is 11.9. The van der Waals surface area contributed by atoms with Crippen molar-refractivity contribution in [2.45, 2.75) is 11.4 Å². The van der Waals surface area contributed by atoms with Gasteiger partial charge in [-0.25, -0.2) is 8.42 Å². The van der Waals surface area contributed by atoms with Crippen LogP contribution >= 0.6 is 0 Å². The number of aliphatic carboxylic acids is 1. The SMILES string of the molecule is CNCCN(C)S(=O)(=O)c1cnn(CC(=O)O)c1. The lowest BCUT2D eigenvalue weighted by Gasteiger charge is -2.15. The average Bonchev–Trinajstić information content (AvgIpc) is 2.73. The van der Waals surface area contributed by atoms with E-state index in [1.54, 1.807) is 7.05 Å². The fourth-order valence-electron chi connectivity index (χ4n) is 1.27. The highest BCUT2D eigenvalue weighted by molar-refractivity contribution is 7.89. The van der Waals surface area contributed by atoms with Crippen LogP contribution in [0.2, 0.25) is 0 Å². The number of hydrogen-bond acceptors (Lipinski definition) is 5. The van der Waals surface area contributed by atoms with Crippen LogP contribution in [0.25, 0.3) is 0 Å². The lowest BCUT2D eigenvalue weighted by atomic mass is 10.6. The fourth-order valence-corrected chi connectivity index (χ4v) is 2.40. The maximum Gasteiger partial charge on any atom is 0.325 e. The maximum atomic E-state index is 12.0. The van der Waals surface area contributed by atoms with Crippen LogP contribution in [0.5, 0.6) is 0 Å². The smallest absolute Gasteiger partial charge is 0.325 e. The summed E-state index contributed by atoms with van der Waals surface area (Å²) in [5, 5.41) is 15.1. The van der Waals surface area contributed by atoms with E-state index in [9.17, 15) is 13.2 Å². The van der Waals surface area contributed by atoms with Crippen molar-refractivity contribution in [1.29, 1.82) is 0 Å². The maximum absolute atomic E-state index is 12.0. The van der Waals surface area contributed by atoms with Gasteiger partial charge in [-0.05, 0) is 7.05 Å². The molecule has 1 heterocycles. The predicted octanol–water partition coefficient (Wildman–Crippen LogP) is -1.19. The Bertz CT molecular complexity index is 510. The molecule has 0 aliphatic rings. The minimum Gasteiger partial charge on any atom is -0.480 e. The largest absolute Gasteiger partial charge is 0.480 e. The quantitative estimate of drug-likeness (QED) is 0.648. The number of carbonyl (C=O) groups is 1. The van der Waals surface area contributed by atoms with Crippen LogP contribution < -0.4 is 5.32 Å². The Kier molecular flexibility index (Phi) is 4.82. The summed E-state index contributed by atoms with van der Waals surface area (Å²) in [6.45, 7) is 0.484. The predicted molar refractivity (Wildman–Crippen MR) is 63.6 cm³/mol. The molecule has 1 aromatic rings. The Hall–Kier alpha value is -1.45. The standard InChI is InChI=1S/C9H16N4O4S/c1-10-3-4-12(2)18(16,17)8-5-11-13(6-8)7-9(14)15/h5-6,10H,3-4,7H2,1-2H3,(H,14,15). The zero-order valence-corrected chi connectivity index (χ0v) is 11.0. The third-order valence-corrected chi connectivity index (χ3v) is 4.10. The van der Waals surface area contributed by atoms with E-state index < -0.39 is 16.0 Å². The minimum absolute atomic E-state index is 0.0117. The number of rotatable bonds is 7. The first-order valence-corrected chi connectivity index (χ1v) is 6.67. The van der Waals surface area contributed by atoms with E-state index >= 15 is 0 Å². The third kappa shape index (κ3) is 3.52. The molecule has 0 bridgehead atoms. The summed E-state index contributed by atoms with van der Waals surface area (Å²) in [7, 11) is -0.422. The van der Waals surface area contributed by atoms with Crippen LogP contribution in [0.15, 0.2) is 17.3 Å². The van der Waals surface area contributed by atoms with Crippen LogP contribution in [0.1, 0.15) is 0 Å². The number of hydrogen-bond donors (Lipinski definition) is 2. The van der Waals surface area contributed by atoms with Gasteiger partial charge in [0.25, 0.3) is 0 Å². The van der Waals surface area contributed by atoms with E-state index in [1.165, 1.54) is 17.5 Å². The number of nitrogens with one attached hydrogen (secondary N) is 1. The van der Waals surface area contributed by atoms with Crippen LogP contribution in [0.4, 0.5) is 0 Å². The van der Waals surface area contributed by atoms with E-state index in [4.69, 9.17) is 5.11 Å². The molecule has 1 rings (SSSR count). The summed E-state index contributed by atoms with van der Waals surface area (Å²) < 4.78 is 26.3. The fraction of sp³-hybridized carbons (Fsp3) is 0.556. The molecule has 0 atom stereocenters. The Morgan fingerprint density at radius 2 is 2.28 bits per heavy atom. The van der Waals surface area contributed by atoms with Crippen LogP contribution in [0.3, 0.4) is 0 Å². The van der Waals surface area contributed by atoms with Gasteiger partial charge in [-0.3, -0.25) is 9.48 Å². The van der Waals surface area contributed by atoms with Crippen molar-refractivity contribution in [2.75, 3.05) is 27.2 Å². The van der Waals surface area contributed by atoms with Crippen molar-refractivity contribution in [3.63, 3.8) is 0 Å². The second-order valence-electron chi connectivity index (χ2n) is 3.70. The van der Waals surface area contributed by atoms with Crippen molar-refractivity contribution in [2.24, 2.45) is 0 Å². The summed E-state index contributed by atoms with van der Waals surface area (Å²) in [4.78, 5) is 10.5. The topological polar surface area (TPSA) is 105 Å². The minimum atomic E-state index is -3.61. The first-order valence-electron chi connectivity index (χ1n) is 5.23. The van der Waals surface area contributed by atoms with Gasteiger partial charge in [-0.15, -0.1) is 0 Å². The molecule has 0 amide bonds. The molecule has 0 aliphatic carbocycles. The molecule has 0 fully saturated rings. The summed E-state index contributed by atoms with van der Waals surface area (Å²) in [5.41, 5.74) is 0. The van der Waals surface area contributed by atoms with Crippen molar-refractivity contribution in [3.05, 3.63) is 12.4 Å². The monoisotopic (exact) mass is 276 g/mol. The molecular formula is C9H16N4O4S. The molecule has 18 heavy (non-hydrogen) atoms. The molecule has 0 radical (unpaired) electrons. The Labute approximate surface area is 105 Å². The van der Waals surface area contributed by atoms with E-state index in [1.807, 2.05) is 0 Å².